The number of hydrogen-bond donors (Lipinski definition) is 2. The Morgan fingerprint density at radius 2 is 2.25 bits per heavy atom. The molecule has 0 aliphatic carbocycles. The molecule has 4 nitrogen and oxygen atoms in total. The number of aliphatic hydroxyl groups excluding tert-OH is 1. The summed E-state index contributed by atoms with van der Waals surface area (Å²) in [5.74, 6) is 0.339. The molecular weight excluding hydrogens is 204 g/mol. The number of rotatable bonds is 4. The molecule has 0 aromatic heterocycles. The van der Waals surface area contributed by atoms with Gasteiger partial charge in [-0.1, -0.05) is 13.8 Å². The summed E-state index contributed by atoms with van der Waals surface area (Å²) >= 11 is 0. The van der Waals surface area contributed by atoms with E-state index in [-0.39, 0.29) is 11.3 Å². The van der Waals surface area contributed by atoms with E-state index < -0.39 is 6.10 Å². The molecule has 1 heterocycles. The molecule has 4 heteroatoms. The minimum atomic E-state index is -0.915. The van der Waals surface area contributed by atoms with Crippen LogP contribution in [0.3, 0.4) is 0 Å². The number of carbonyl (C=O) groups is 1. The van der Waals surface area contributed by atoms with Gasteiger partial charge in [-0.15, -0.1) is 0 Å². The fourth-order valence-electron chi connectivity index (χ4n) is 2.18. The lowest BCUT2D eigenvalue weighted by atomic mass is 9.78. The smallest absolute Gasteiger partial charge is 0.248 e. The average Bonchev–Trinajstić information content (AvgIpc) is 2.61. The molecule has 1 aliphatic heterocycles. The first-order valence-electron chi connectivity index (χ1n) is 5.97. The summed E-state index contributed by atoms with van der Waals surface area (Å²) in [6.45, 7) is 8.72. The zero-order valence-electron chi connectivity index (χ0n) is 10.8. The zero-order valence-corrected chi connectivity index (χ0v) is 10.8. The van der Waals surface area contributed by atoms with E-state index in [0.29, 0.717) is 12.5 Å². The molecule has 2 atom stereocenters. The monoisotopic (exact) mass is 228 g/mol. The van der Waals surface area contributed by atoms with Crippen molar-refractivity contribution in [1.29, 1.82) is 0 Å². The molecular formula is C12H24N2O2. The predicted octanol–water partition coefficient (Wildman–Crippen LogP) is 0.461. The summed E-state index contributed by atoms with van der Waals surface area (Å²) in [6.07, 6.45) is 0.274. The topological polar surface area (TPSA) is 52.6 Å². The molecule has 1 rings (SSSR count). The molecule has 0 radical (unpaired) electrons. The molecule has 0 aromatic rings. The Balaban J connectivity index is 2.42. The van der Waals surface area contributed by atoms with Gasteiger partial charge in [0.1, 0.15) is 6.10 Å². The van der Waals surface area contributed by atoms with Crippen molar-refractivity contribution in [2.45, 2.75) is 33.3 Å². The summed E-state index contributed by atoms with van der Waals surface area (Å²) in [5.41, 5.74) is 0.0926. The van der Waals surface area contributed by atoms with Crippen LogP contribution < -0.4 is 5.32 Å². The van der Waals surface area contributed by atoms with Crippen LogP contribution >= 0.6 is 0 Å². The molecule has 0 bridgehead atoms. The van der Waals surface area contributed by atoms with Gasteiger partial charge in [-0.05, 0) is 38.3 Å². The molecule has 0 spiro atoms. The minimum Gasteiger partial charge on any atom is -0.384 e. The van der Waals surface area contributed by atoms with Crippen molar-refractivity contribution < 1.29 is 9.90 Å². The van der Waals surface area contributed by atoms with E-state index >= 15 is 0 Å². The van der Waals surface area contributed by atoms with Crippen LogP contribution in [-0.4, -0.2) is 48.7 Å². The highest BCUT2D eigenvalue weighted by Gasteiger charge is 2.34. The van der Waals surface area contributed by atoms with Crippen LogP contribution in [0, 0.1) is 11.3 Å². The summed E-state index contributed by atoms with van der Waals surface area (Å²) in [4.78, 5) is 13.6. The summed E-state index contributed by atoms with van der Waals surface area (Å²) in [5, 5.41) is 11.9. The van der Waals surface area contributed by atoms with Crippen LogP contribution in [0.5, 0.6) is 0 Å². The van der Waals surface area contributed by atoms with Gasteiger partial charge in [0.25, 0.3) is 0 Å². The number of aliphatic hydroxyl groups is 1. The second-order valence-corrected chi connectivity index (χ2v) is 5.63. The lowest BCUT2D eigenvalue weighted by molar-refractivity contribution is -0.129. The first-order chi connectivity index (χ1) is 7.33. The van der Waals surface area contributed by atoms with E-state index in [1.54, 1.807) is 0 Å². The van der Waals surface area contributed by atoms with Gasteiger partial charge in [0.15, 0.2) is 0 Å². The second-order valence-electron chi connectivity index (χ2n) is 5.63. The number of nitrogens with one attached hydrogen (secondary N) is 1. The summed E-state index contributed by atoms with van der Waals surface area (Å²) in [6, 6.07) is 0. The van der Waals surface area contributed by atoms with Gasteiger partial charge in [-0.3, -0.25) is 4.79 Å². The van der Waals surface area contributed by atoms with Crippen molar-refractivity contribution in [1.82, 2.24) is 10.2 Å². The van der Waals surface area contributed by atoms with Crippen LogP contribution in [0.1, 0.15) is 27.2 Å². The maximum atomic E-state index is 11.3. The van der Waals surface area contributed by atoms with Gasteiger partial charge in [0.2, 0.25) is 5.91 Å². The Morgan fingerprint density at radius 3 is 2.69 bits per heavy atom. The van der Waals surface area contributed by atoms with Crippen LogP contribution in [0.2, 0.25) is 0 Å². The number of amides is 1. The molecule has 1 amide bonds. The maximum absolute atomic E-state index is 11.3. The quantitative estimate of drug-likeness (QED) is 0.735. The fourth-order valence-corrected chi connectivity index (χ4v) is 2.18. The van der Waals surface area contributed by atoms with Crippen LogP contribution in [0.4, 0.5) is 0 Å². The Bertz CT molecular complexity index is 251. The van der Waals surface area contributed by atoms with Crippen LogP contribution in [-0.2, 0) is 4.79 Å². The second kappa shape index (κ2) is 5.15. The van der Waals surface area contributed by atoms with Crippen molar-refractivity contribution in [2.24, 2.45) is 11.3 Å². The molecule has 1 saturated heterocycles. The number of likely N-dealkylation sites (tertiary alicyclic amines) is 1. The molecule has 2 unspecified atom stereocenters. The fraction of sp³-hybridized carbons (Fsp3) is 0.917. The third-order valence-corrected chi connectivity index (χ3v) is 3.59. The average molecular weight is 228 g/mol. The van der Waals surface area contributed by atoms with Gasteiger partial charge in [-0.2, -0.15) is 0 Å². The summed E-state index contributed by atoms with van der Waals surface area (Å²) < 4.78 is 0. The highest BCUT2D eigenvalue weighted by Crippen LogP contribution is 2.33. The number of hydrogen-bond acceptors (Lipinski definition) is 3. The zero-order chi connectivity index (χ0) is 12.3. The highest BCUT2D eigenvalue weighted by atomic mass is 16.3. The third-order valence-electron chi connectivity index (χ3n) is 3.59. The molecule has 2 N–H and O–H groups in total. The Morgan fingerprint density at radius 1 is 1.62 bits per heavy atom. The SMILES string of the molecule is CC(O)C(=O)NCC(C)(C)C1CCN(C)C1. The van der Waals surface area contributed by atoms with Crippen LogP contribution in [0.25, 0.3) is 0 Å². The minimum absolute atomic E-state index is 0.0926. The maximum Gasteiger partial charge on any atom is 0.248 e. The largest absolute Gasteiger partial charge is 0.384 e. The molecule has 0 saturated carbocycles. The summed E-state index contributed by atoms with van der Waals surface area (Å²) in [7, 11) is 2.13. The standard InChI is InChI=1S/C12H24N2O2/c1-9(15)11(16)13-8-12(2,3)10-5-6-14(4)7-10/h9-10,15H,5-8H2,1-4H3,(H,13,16). The predicted molar refractivity (Wildman–Crippen MR) is 64.1 cm³/mol. The van der Waals surface area contributed by atoms with E-state index in [2.05, 4.69) is 31.1 Å². The normalized spacial score (nSPS) is 24.4. The number of nitrogens with zero attached hydrogens (tertiary/aromatic N) is 1. The van der Waals surface area contributed by atoms with E-state index in [1.807, 2.05) is 0 Å². The lowest BCUT2D eigenvalue weighted by Crippen LogP contribution is -2.42. The Labute approximate surface area is 98.0 Å². The molecule has 1 fully saturated rings. The van der Waals surface area contributed by atoms with Gasteiger partial charge in [-0.25, -0.2) is 0 Å². The third kappa shape index (κ3) is 3.46. The Kier molecular flexibility index (Phi) is 4.33. The van der Waals surface area contributed by atoms with Gasteiger partial charge in [0.05, 0.1) is 0 Å². The van der Waals surface area contributed by atoms with Crippen LogP contribution in [0.15, 0.2) is 0 Å². The van der Waals surface area contributed by atoms with Crippen molar-refractivity contribution in [3.63, 3.8) is 0 Å². The van der Waals surface area contributed by atoms with E-state index in [9.17, 15) is 4.79 Å². The van der Waals surface area contributed by atoms with Crippen molar-refractivity contribution in [2.75, 3.05) is 26.7 Å². The molecule has 16 heavy (non-hydrogen) atoms. The molecule has 0 aromatic carbocycles. The van der Waals surface area contributed by atoms with Crippen molar-refractivity contribution >= 4 is 5.91 Å². The Hall–Kier alpha value is -0.610. The van der Waals surface area contributed by atoms with Crippen molar-refractivity contribution in [3.05, 3.63) is 0 Å². The number of carbonyl (C=O) groups excluding carboxylic acids is 1. The van der Waals surface area contributed by atoms with Gasteiger partial charge in [0, 0.05) is 13.1 Å². The first-order valence-corrected chi connectivity index (χ1v) is 5.97. The van der Waals surface area contributed by atoms with Gasteiger partial charge >= 0.3 is 0 Å². The molecule has 1 aliphatic rings. The van der Waals surface area contributed by atoms with E-state index in [1.165, 1.54) is 13.3 Å². The molecule has 94 valence electrons. The van der Waals surface area contributed by atoms with Crippen molar-refractivity contribution in [3.8, 4) is 0 Å². The first kappa shape index (κ1) is 13.5. The lowest BCUT2D eigenvalue weighted by Gasteiger charge is -2.32. The van der Waals surface area contributed by atoms with E-state index in [4.69, 9.17) is 5.11 Å². The van der Waals surface area contributed by atoms with Gasteiger partial charge < -0.3 is 15.3 Å². The highest BCUT2D eigenvalue weighted by molar-refractivity contribution is 5.79. The van der Waals surface area contributed by atoms with E-state index in [0.717, 1.165) is 13.1 Å².